The maximum absolute atomic E-state index is 13.7. The van der Waals surface area contributed by atoms with Gasteiger partial charge in [0.1, 0.15) is 16.4 Å². The van der Waals surface area contributed by atoms with Crippen LogP contribution in [0.5, 0.6) is 0 Å². The average Bonchev–Trinajstić information content (AvgIpc) is 2.88. The molecule has 0 aliphatic carbocycles. The maximum atomic E-state index is 13.7. The number of rotatable bonds is 5. The second kappa shape index (κ2) is 6.02. The molecule has 1 aromatic rings. The molecule has 2 rings (SSSR count). The van der Waals surface area contributed by atoms with Gasteiger partial charge in [-0.25, -0.2) is 21.9 Å². The van der Waals surface area contributed by atoms with E-state index < -0.39 is 32.2 Å². The first-order valence-corrected chi connectivity index (χ1v) is 7.71. The lowest BCUT2D eigenvalue weighted by Gasteiger charge is -2.11. The summed E-state index contributed by atoms with van der Waals surface area (Å²) < 4.78 is 58.0. The second-order valence-electron chi connectivity index (χ2n) is 4.69. The fourth-order valence-electron chi connectivity index (χ4n) is 2.04. The second-order valence-corrected chi connectivity index (χ2v) is 6.42. The van der Waals surface area contributed by atoms with Crippen molar-refractivity contribution in [3.8, 4) is 0 Å². The van der Waals surface area contributed by atoms with Crippen molar-refractivity contribution in [3.05, 3.63) is 23.8 Å². The van der Waals surface area contributed by atoms with E-state index in [2.05, 4.69) is 4.72 Å². The standard InChI is InChI=1S/C12H16F2N2O3S/c13-9-1-2-10(11(14)12(9)15)20(17,18)16-5-3-8-4-6-19-7-8/h1-2,8,16H,3-7,15H2. The molecule has 0 radical (unpaired) electrons. The summed E-state index contributed by atoms with van der Waals surface area (Å²) in [5.74, 6) is -1.94. The van der Waals surface area contributed by atoms with Crippen LogP contribution in [0.4, 0.5) is 14.5 Å². The van der Waals surface area contributed by atoms with E-state index in [1.165, 1.54) is 0 Å². The van der Waals surface area contributed by atoms with Gasteiger partial charge in [0.2, 0.25) is 10.0 Å². The minimum atomic E-state index is -4.03. The van der Waals surface area contributed by atoms with Crippen molar-refractivity contribution in [2.45, 2.75) is 17.7 Å². The lowest BCUT2D eigenvalue weighted by Crippen LogP contribution is -2.27. The molecule has 0 spiro atoms. The Morgan fingerprint density at radius 2 is 2.15 bits per heavy atom. The Morgan fingerprint density at radius 3 is 2.80 bits per heavy atom. The first kappa shape index (κ1) is 15.1. The Bertz CT molecular complexity index is 587. The summed E-state index contributed by atoms with van der Waals surface area (Å²) in [6.45, 7) is 1.47. The van der Waals surface area contributed by atoms with Crippen LogP contribution in [0.25, 0.3) is 0 Å². The lowest BCUT2D eigenvalue weighted by molar-refractivity contribution is 0.184. The summed E-state index contributed by atoms with van der Waals surface area (Å²) in [7, 11) is -4.03. The average molecular weight is 306 g/mol. The fraction of sp³-hybridized carbons (Fsp3) is 0.500. The Morgan fingerprint density at radius 1 is 1.40 bits per heavy atom. The summed E-state index contributed by atoms with van der Waals surface area (Å²) in [6, 6.07) is 1.69. The van der Waals surface area contributed by atoms with Gasteiger partial charge in [0, 0.05) is 19.8 Å². The van der Waals surface area contributed by atoms with Gasteiger partial charge in [-0.2, -0.15) is 0 Å². The smallest absolute Gasteiger partial charge is 0.243 e. The summed E-state index contributed by atoms with van der Waals surface area (Å²) in [5, 5.41) is 0. The number of hydrogen-bond acceptors (Lipinski definition) is 4. The molecule has 0 saturated carbocycles. The number of benzene rings is 1. The molecule has 0 bridgehead atoms. The summed E-state index contributed by atoms with van der Waals surface area (Å²) >= 11 is 0. The molecule has 20 heavy (non-hydrogen) atoms. The van der Waals surface area contributed by atoms with Gasteiger partial charge >= 0.3 is 0 Å². The highest BCUT2D eigenvalue weighted by Crippen LogP contribution is 2.23. The number of sulfonamides is 1. The van der Waals surface area contributed by atoms with Crippen molar-refractivity contribution in [1.29, 1.82) is 0 Å². The molecule has 5 nitrogen and oxygen atoms in total. The third-order valence-corrected chi connectivity index (χ3v) is 4.73. The van der Waals surface area contributed by atoms with Gasteiger partial charge in [-0.1, -0.05) is 0 Å². The molecular weight excluding hydrogens is 290 g/mol. The molecule has 1 unspecified atom stereocenters. The molecule has 1 saturated heterocycles. The largest absolute Gasteiger partial charge is 0.394 e. The molecule has 1 aliphatic rings. The molecule has 112 valence electrons. The van der Waals surface area contributed by atoms with Crippen LogP contribution in [0, 0.1) is 17.6 Å². The normalized spacial score (nSPS) is 19.4. The van der Waals surface area contributed by atoms with Gasteiger partial charge in [0.15, 0.2) is 5.82 Å². The predicted molar refractivity (Wildman–Crippen MR) is 69.5 cm³/mol. The minimum Gasteiger partial charge on any atom is -0.394 e. The van der Waals surface area contributed by atoms with Crippen molar-refractivity contribution >= 4 is 15.7 Å². The Labute approximate surface area is 116 Å². The summed E-state index contributed by atoms with van der Waals surface area (Å²) in [6.07, 6.45) is 1.50. The number of nitrogens with two attached hydrogens (primary N) is 1. The maximum Gasteiger partial charge on any atom is 0.243 e. The van der Waals surface area contributed by atoms with E-state index in [9.17, 15) is 17.2 Å². The van der Waals surface area contributed by atoms with Gasteiger partial charge in [-0.15, -0.1) is 0 Å². The number of hydrogen-bond donors (Lipinski definition) is 2. The Hall–Kier alpha value is -1.25. The Balaban J connectivity index is 2.04. The van der Waals surface area contributed by atoms with Crippen molar-refractivity contribution in [2.75, 3.05) is 25.5 Å². The highest BCUT2D eigenvalue weighted by molar-refractivity contribution is 7.89. The van der Waals surface area contributed by atoms with E-state index >= 15 is 0 Å². The predicted octanol–water partition coefficient (Wildman–Crippen LogP) is 1.25. The van der Waals surface area contributed by atoms with E-state index in [1.54, 1.807) is 0 Å². The Kier molecular flexibility index (Phi) is 4.56. The van der Waals surface area contributed by atoms with Gasteiger partial charge in [0.05, 0.1) is 0 Å². The zero-order valence-corrected chi connectivity index (χ0v) is 11.6. The minimum absolute atomic E-state index is 0.174. The third kappa shape index (κ3) is 3.25. The van der Waals surface area contributed by atoms with Crippen LogP contribution in [0.3, 0.4) is 0 Å². The van der Waals surface area contributed by atoms with Gasteiger partial charge in [-0.05, 0) is 30.9 Å². The fourth-order valence-corrected chi connectivity index (χ4v) is 3.18. The lowest BCUT2D eigenvalue weighted by atomic mass is 10.1. The van der Waals surface area contributed by atoms with E-state index in [1.807, 2.05) is 0 Å². The number of halogens is 2. The molecule has 0 aromatic heterocycles. The van der Waals surface area contributed by atoms with Crippen LogP contribution in [-0.4, -0.2) is 28.2 Å². The molecule has 1 heterocycles. The number of nitrogens with one attached hydrogen (secondary N) is 1. The monoisotopic (exact) mass is 306 g/mol. The van der Waals surface area contributed by atoms with Crippen LogP contribution in [-0.2, 0) is 14.8 Å². The van der Waals surface area contributed by atoms with E-state index in [-0.39, 0.29) is 6.54 Å². The molecule has 3 N–H and O–H groups in total. The van der Waals surface area contributed by atoms with Crippen LogP contribution in [0.1, 0.15) is 12.8 Å². The molecule has 8 heteroatoms. The number of ether oxygens (including phenoxy) is 1. The van der Waals surface area contributed by atoms with Gasteiger partial charge in [0.25, 0.3) is 0 Å². The zero-order valence-electron chi connectivity index (χ0n) is 10.7. The number of nitrogen functional groups attached to an aromatic ring is 1. The van der Waals surface area contributed by atoms with Crippen molar-refractivity contribution in [1.82, 2.24) is 4.72 Å². The van der Waals surface area contributed by atoms with Gasteiger partial charge in [-0.3, -0.25) is 0 Å². The van der Waals surface area contributed by atoms with Crippen LogP contribution >= 0.6 is 0 Å². The molecule has 1 atom stereocenters. The SMILES string of the molecule is Nc1c(F)ccc(S(=O)(=O)NCCC2CCOC2)c1F. The van der Waals surface area contributed by atoms with Crippen LogP contribution in [0.15, 0.2) is 17.0 Å². The highest BCUT2D eigenvalue weighted by Gasteiger charge is 2.23. The third-order valence-electron chi connectivity index (χ3n) is 3.25. The first-order valence-electron chi connectivity index (χ1n) is 6.22. The summed E-state index contributed by atoms with van der Waals surface area (Å²) in [4.78, 5) is -0.640. The number of anilines is 1. The van der Waals surface area contributed by atoms with E-state index in [4.69, 9.17) is 10.5 Å². The molecule has 1 aliphatic heterocycles. The van der Waals surface area contributed by atoms with E-state index in [0.717, 1.165) is 18.6 Å². The summed E-state index contributed by atoms with van der Waals surface area (Å²) in [5.41, 5.74) is 4.35. The molecular formula is C12H16F2N2O3S. The van der Waals surface area contributed by atoms with Crippen LogP contribution < -0.4 is 10.5 Å². The van der Waals surface area contributed by atoms with Crippen LogP contribution in [0.2, 0.25) is 0 Å². The molecule has 1 aromatic carbocycles. The zero-order chi connectivity index (χ0) is 14.8. The molecule has 0 amide bonds. The molecule has 1 fully saturated rings. The first-order chi connectivity index (χ1) is 9.42. The van der Waals surface area contributed by atoms with Crippen molar-refractivity contribution in [3.63, 3.8) is 0 Å². The van der Waals surface area contributed by atoms with E-state index in [0.29, 0.717) is 25.6 Å². The topological polar surface area (TPSA) is 81.4 Å². The highest BCUT2D eigenvalue weighted by atomic mass is 32.2. The van der Waals surface area contributed by atoms with Gasteiger partial charge < -0.3 is 10.5 Å². The van der Waals surface area contributed by atoms with Crippen molar-refractivity contribution < 1.29 is 21.9 Å². The van der Waals surface area contributed by atoms with Crippen molar-refractivity contribution in [2.24, 2.45) is 5.92 Å². The quantitative estimate of drug-likeness (QED) is 0.802.